The Kier molecular flexibility index (Phi) is 7.31. The van der Waals surface area contributed by atoms with Gasteiger partial charge in [-0.05, 0) is 39.1 Å². The number of nitrogens with one attached hydrogen (secondary N) is 2. The Balaban J connectivity index is 2.48. The molecule has 0 radical (unpaired) electrons. The first-order valence-electron chi connectivity index (χ1n) is 7.24. The van der Waals surface area contributed by atoms with Crippen LogP contribution in [0, 0.1) is 0 Å². The van der Waals surface area contributed by atoms with E-state index in [1.165, 1.54) is 0 Å². The van der Waals surface area contributed by atoms with Crippen molar-refractivity contribution in [2.45, 2.75) is 32.2 Å². The molecule has 0 aliphatic carbocycles. The van der Waals surface area contributed by atoms with E-state index in [1.54, 1.807) is 0 Å². The van der Waals surface area contributed by atoms with Crippen LogP contribution in [-0.2, 0) is 22.3 Å². The molecule has 1 aromatic carbocycles. The lowest BCUT2D eigenvalue weighted by Gasteiger charge is -2.20. The maximum atomic E-state index is 12.0. The lowest BCUT2D eigenvalue weighted by molar-refractivity contribution is 0.278. The molecule has 0 heterocycles. The third-order valence-corrected chi connectivity index (χ3v) is 4.79. The highest BCUT2D eigenvalue weighted by atomic mass is 32.2. The first kappa shape index (κ1) is 18.1. The summed E-state index contributed by atoms with van der Waals surface area (Å²) in [6.45, 7) is 6.10. The van der Waals surface area contributed by atoms with Crippen molar-refractivity contribution in [2.24, 2.45) is 0 Å². The van der Waals surface area contributed by atoms with E-state index in [4.69, 9.17) is 0 Å². The third kappa shape index (κ3) is 7.04. The number of rotatable bonds is 9. The Morgan fingerprint density at radius 1 is 1.14 bits per heavy atom. The Bertz CT molecular complexity index is 512. The number of hydrogen-bond donors (Lipinski definition) is 2. The Morgan fingerprint density at radius 3 is 2.24 bits per heavy atom. The number of likely N-dealkylation sites (N-methyl/N-ethyl adjacent to an activating group) is 1. The van der Waals surface area contributed by atoms with Crippen molar-refractivity contribution in [1.82, 2.24) is 14.9 Å². The second-order valence-electron chi connectivity index (χ2n) is 5.57. The number of sulfonamides is 1. The fraction of sp³-hybridized carbons (Fsp3) is 0.600. The largest absolute Gasteiger partial charge is 0.316 e. The van der Waals surface area contributed by atoms with E-state index in [9.17, 15) is 8.42 Å². The minimum Gasteiger partial charge on any atom is -0.316 e. The summed E-state index contributed by atoms with van der Waals surface area (Å²) in [4.78, 5) is 2.11. The molecule has 0 saturated heterocycles. The highest BCUT2D eigenvalue weighted by Crippen LogP contribution is 2.07. The van der Waals surface area contributed by atoms with Gasteiger partial charge in [0.15, 0.2) is 0 Å². The lowest BCUT2D eigenvalue weighted by Crippen LogP contribution is -2.36. The fourth-order valence-corrected chi connectivity index (χ4v) is 3.00. The van der Waals surface area contributed by atoms with Crippen molar-refractivity contribution in [1.29, 1.82) is 0 Å². The van der Waals surface area contributed by atoms with E-state index >= 15 is 0 Å². The van der Waals surface area contributed by atoms with Crippen LogP contribution in [0.15, 0.2) is 24.3 Å². The van der Waals surface area contributed by atoms with Crippen LogP contribution in [0.4, 0.5) is 0 Å². The molecule has 0 bridgehead atoms. The summed E-state index contributed by atoms with van der Waals surface area (Å²) in [6, 6.07) is 8.05. The number of benzene rings is 1. The van der Waals surface area contributed by atoms with Gasteiger partial charge in [-0.15, -0.1) is 0 Å². The summed E-state index contributed by atoms with van der Waals surface area (Å²) in [7, 11) is 0.598. The van der Waals surface area contributed by atoms with E-state index in [0.29, 0.717) is 19.1 Å². The molecule has 0 unspecified atom stereocenters. The first-order valence-corrected chi connectivity index (χ1v) is 8.89. The number of nitrogens with zero attached hydrogens (tertiary/aromatic N) is 1. The third-order valence-electron chi connectivity index (χ3n) is 3.43. The van der Waals surface area contributed by atoms with E-state index in [1.807, 2.05) is 38.4 Å². The molecule has 5 nitrogen and oxygen atoms in total. The highest BCUT2D eigenvalue weighted by Gasteiger charge is 2.12. The molecule has 0 aliphatic rings. The van der Waals surface area contributed by atoms with E-state index < -0.39 is 10.0 Å². The van der Waals surface area contributed by atoms with Gasteiger partial charge in [0.2, 0.25) is 10.0 Å². The predicted octanol–water partition coefficient (Wildman–Crippen LogP) is 1.17. The molecular formula is C15H27N3O2S. The summed E-state index contributed by atoms with van der Waals surface area (Å²) < 4.78 is 26.7. The molecule has 0 spiro atoms. The zero-order valence-electron chi connectivity index (χ0n) is 13.4. The zero-order valence-corrected chi connectivity index (χ0v) is 14.2. The SMILES string of the molecule is CNCc1ccc(CS(=O)(=O)NCCN(C)C(C)C)cc1. The second-order valence-corrected chi connectivity index (χ2v) is 7.38. The quantitative estimate of drug-likeness (QED) is 0.718. The molecule has 6 heteroatoms. The van der Waals surface area contributed by atoms with Crippen LogP contribution < -0.4 is 10.0 Å². The second kappa shape index (κ2) is 8.48. The molecule has 1 aromatic rings. The van der Waals surface area contributed by atoms with E-state index in [0.717, 1.165) is 17.7 Å². The topological polar surface area (TPSA) is 61.4 Å². The molecule has 0 aliphatic heterocycles. The maximum Gasteiger partial charge on any atom is 0.215 e. The monoisotopic (exact) mass is 313 g/mol. The van der Waals surface area contributed by atoms with Gasteiger partial charge < -0.3 is 10.2 Å². The molecule has 1 rings (SSSR count). The van der Waals surface area contributed by atoms with Gasteiger partial charge in [0.05, 0.1) is 5.75 Å². The first-order chi connectivity index (χ1) is 9.84. The van der Waals surface area contributed by atoms with Crippen molar-refractivity contribution in [2.75, 3.05) is 27.2 Å². The van der Waals surface area contributed by atoms with Crippen molar-refractivity contribution in [3.8, 4) is 0 Å². The van der Waals surface area contributed by atoms with Crippen LogP contribution in [0.5, 0.6) is 0 Å². The summed E-state index contributed by atoms with van der Waals surface area (Å²) in [5.41, 5.74) is 1.95. The van der Waals surface area contributed by atoms with E-state index in [2.05, 4.69) is 28.8 Å². The standard InChI is InChI=1S/C15H27N3O2S/c1-13(2)18(4)10-9-17-21(19,20)12-15-7-5-14(6-8-15)11-16-3/h5-8,13,16-17H,9-12H2,1-4H3. The fourth-order valence-electron chi connectivity index (χ4n) is 1.86. The summed E-state index contributed by atoms with van der Waals surface area (Å²) in [5, 5.41) is 3.06. The maximum absolute atomic E-state index is 12.0. The molecule has 0 fully saturated rings. The zero-order chi connectivity index (χ0) is 15.9. The molecule has 0 atom stereocenters. The van der Waals surface area contributed by atoms with Crippen molar-refractivity contribution in [3.05, 3.63) is 35.4 Å². The van der Waals surface area contributed by atoms with Crippen molar-refractivity contribution >= 4 is 10.0 Å². The molecular weight excluding hydrogens is 286 g/mol. The van der Waals surface area contributed by atoms with Gasteiger partial charge in [0, 0.05) is 25.7 Å². The van der Waals surface area contributed by atoms with Gasteiger partial charge in [-0.25, -0.2) is 13.1 Å². The van der Waals surface area contributed by atoms with Gasteiger partial charge in [0.25, 0.3) is 0 Å². The summed E-state index contributed by atoms with van der Waals surface area (Å²) >= 11 is 0. The molecule has 0 amide bonds. The average molecular weight is 313 g/mol. The van der Waals surface area contributed by atoms with Gasteiger partial charge in [0.1, 0.15) is 0 Å². The van der Waals surface area contributed by atoms with Crippen LogP contribution in [0.2, 0.25) is 0 Å². The van der Waals surface area contributed by atoms with Gasteiger partial charge in [-0.1, -0.05) is 24.3 Å². The predicted molar refractivity (Wildman–Crippen MR) is 87.6 cm³/mol. The Labute approximate surface area is 128 Å². The van der Waals surface area contributed by atoms with Gasteiger partial charge in [-0.2, -0.15) is 0 Å². The Morgan fingerprint density at radius 2 is 1.71 bits per heavy atom. The minimum atomic E-state index is -3.27. The lowest BCUT2D eigenvalue weighted by atomic mass is 10.1. The summed E-state index contributed by atoms with van der Waals surface area (Å²) in [5.74, 6) is 0.0260. The highest BCUT2D eigenvalue weighted by molar-refractivity contribution is 7.88. The van der Waals surface area contributed by atoms with Crippen LogP contribution in [0.1, 0.15) is 25.0 Å². The summed E-state index contributed by atoms with van der Waals surface area (Å²) in [6.07, 6.45) is 0. The number of hydrogen-bond acceptors (Lipinski definition) is 4. The molecule has 2 N–H and O–H groups in total. The average Bonchev–Trinajstić information content (AvgIpc) is 2.40. The van der Waals surface area contributed by atoms with Crippen LogP contribution >= 0.6 is 0 Å². The van der Waals surface area contributed by atoms with Crippen LogP contribution in [-0.4, -0.2) is 46.5 Å². The van der Waals surface area contributed by atoms with Crippen molar-refractivity contribution < 1.29 is 8.42 Å². The van der Waals surface area contributed by atoms with Gasteiger partial charge >= 0.3 is 0 Å². The molecule has 0 aromatic heterocycles. The molecule has 21 heavy (non-hydrogen) atoms. The Hall–Kier alpha value is -0.950. The normalized spacial score (nSPS) is 12.3. The van der Waals surface area contributed by atoms with Crippen molar-refractivity contribution in [3.63, 3.8) is 0 Å². The smallest absolute Gasteiger partial charge is 0.215 e. The van der Waals surface area contributed by atoms with E-state index in [-0.39, 0.29) is 5.75 Å². The minimum absolute atomic E-state index is 0.0260. The van der Waals surface area contributed by atoms with Crippen LogP contribution in [0.25, 0.3) is 0 Å². The van der Waals surface area contributed by atoms with Crippen LogP contribution in [0.3, 0.4) is 0 Å². The molecule has 120 valence electrons. The van der Waals surface area contributed by atoms with Gasteiger partial charge in [-0.3, -0.25) is 0 Å². The molecule has 0 saturated carbocycles.